The van der Waals surface area contributed by atoms with Gasteiger partial charge in [0.25, 0.3) is 0 Å². The summed E-state index contributed by atoms with van der Waals surface area (Å²) in [7, 11) is 6.91. The number of carbonyl (C=O) groups is 2. The second-order valence-corrected chi connectivity index (χ2v) is 13.9. The highest BCUT2D eigenvalue weighted by Crippen LogP contribution is 2.07. The number of amides is 2. The van der Waals surface area contributed by atoms with Crippen molar-refractivity contribution in [3.8, 4) is 0 Å². The van der Waals surface area contributed by atoms with Gasteiger partial charge in [0.05, 0.1) is 6.42 Å². The van der Waals surface area contributed by atoms with Crippen LogP contribution in [-0.2, 0) is 9.59 Å². The molecule has 4 N–H and O–H groups in total. The van der Waals surface area contributed by atoms with E-state index < -0.39 is 11.8 Å². The fourth-order valence-electron chi connectivity index (χ4n) is 4.50. The maximum atomic E-state index is 12.1. The molecule has 4 aromatic rings. The van der Waals surface area contributed by atoms with Gasteiger partial charge in [0.15, 0.2) is 0 Å². The summed E-state index contributed by atoms with van der Waals surface area (Å²) in [6.45, 7) is 0. The molecule has 16 heteroatoms. The molecule has 4 rings (SSSR count). The average Bonchev–Trinajstić information content (AvgIpc) is 3.17. The highest BCUT2D eigenvalue weighted by atomic mass is 32.1. The first-order valence-electron chi connectivity index (χ1n) is 16.3. The number of nitrogens with zero attached hydrogens (tertiary/aromatic N) is 4. The average molecular weight is 833 g/mol. The first-order valence-corrected chi connectivity index (χ1v) is 18.7. The predicted octanol–water partition coefficient (Wildman–Crippen LogP) is 5.71. The SMILES string of the molecule is CN(NC(=O)CC(=O)NN(C)C(=S)c1ccccc1)C(=S)c1ccccc1.CN(NC(=S)CC(=S)NN(C)C(=S)c1ccccc1)C(=S)c1ccccc1. The summed E-state index contributed by atoms with van der Waals surface area (Å²) < 4.78 is 0. The van der Waals surface area contributed by atoms with Crippen LogP contribution in [0.3, 0.4) is 0 Å². The van der Waals surface area contributed by atoms with Gasteiger partial charge in [-0.25, -0.2) is 0 Å². The summed E-state index contributed by atoms with van der Waals surface area (Å²) in [6.07, 6.45) is 0.0254. The lowest BCUT2D eigenvalue weighted by atomic mass is 10.2. The molecule has 0 radical (unpaired) electrons. The van der Waals surface area contributed by atoms with Crippen LogP contribution in [0.5, 0.6) is 0 Å². The fourth-order valence-corrected chi connectivity index (χ4v) is 5.88. The third-order valence-corrected chi connectivity index (χ3v) is 9.62. The van der Waals surface area contributed by atoms with Gasteiger partial charge >= 0.3 is 0 Å². The van der Waals surface area contributed by atoms with Gasteiger partial charge in [-0.1, -0.05) is 195 Å². The van der Waals surface area contributed by atoms with E-state index in [1.54, 1.807) is 24.1 Å². The van der Waals surface area contributed by atoms with E-state index in [0.29, 0.717) is 36.4 Å². The number of hydrogen-bond acceptors (Lipinski definition) is 8. The summed E-state index contributed by atoms with van der Waals surface area (Å²) in [5, 5.41) is 6.26. The van der Waals surface area contributed by atoms with E-state index in [4.69, 9.17) is 73.3 Å². The molecule has 54 heavy (non-hydrogen) atoms. The predicted molar refractivity (Wildman–Crippen MR) is 241 cm³/mol. The van der Waals surface area contributed by atoms with Gasteiger partial charge in [0, 0.05) is 50.4 Å². The lowest BCUT2D eigenvalue weighted by Crippen LogP contribution is -2.47. The molecule has 0 aliphatic carbocycles. The Morgan fingerprint density at radius 1 is 0.389 bits per heavy atom. The van der Waals surface area contributed by atoms with Gasteiger partial charge < -0.3 is 0 Å². The van der Waals surface area contributed by atoms with Crippen LogP contribution < -0.4 is 21.7 Å². The van der Waals surface area contributed by atoms with Crippen molar-refractivity contribution in [2.45, 2.75) is 12.8 Å². The number of carbonyl (C=O) groups excluding carboxylic acids is 2. The molecule has 0 fully saturated rings. The van der Waals surface area contributed by atoms with Crippen molar-refractivity contribution in [3.05, 3.63) is 144 Å². The Balaban J connectivity index is 0.000000290. The molecule has 0 spiro atoms. The Labute approximate surface area is 348 Å². The zero-order chi connectivity index (χ0) is 39.6. The van der Waals surface area contributed by atoms with Crippen LogP contribution >= 0.6 is 73.3 Å². The third-order valence-electron chi connectivity index (χ3n) is 7.11. The Morgan fingerprint density at radius 3 is 0.852 bits per heavy atom. The van der Waals surface area contributed by atoms with Crippen molar-refractivity contribution in [2.24, 2.45) is 0 Å². The second-order valence-electron chi connectivity index (χ2n) is 11.4. The van der Waals surface area contributed by atoms with Gasteiger partial charge in [0.1, 0.15) is 36.4 Å². The Bertz CT molecular complexity index is 1660. The summed E-state index contributed by atoms with van der Waals surface area (Å²) in [5.41, 5.74) is 14.8. The Kier molecular flexibility index (Phi) is 18.1. The van der Waals surface area contributed by atoms with E-state index in [9.17, 15) is 9.59 Å². The minimum absolute atomic E-state index is 0.358. The van der Waals surface area contributed by atoms with Crippen molar-refractivity contribution in [1.82, 2.24) is 41.7 Å². The van der Waals surface area contributed by atoms with Crippen molar-refractivity contribution >= 4 is 115 Å². The third kappa shape index (κ3) is 14.5. The summed E-state index contributed by atoms with van der Waals surface area (Å²) in [5.74, 6) is -0.959. The largest absolute Gasteiger partial charge is 0.291 e. The normalized spacial score (nSPS) is 9.85. The molecule has 0 saturated carbocycles. The second kappa shape index (κ2) is 22.4. The highest BCUT2D eigenvalue weighted by molar-refractivity contribution is 7.82. The van der Waals surface area contributed by atoms with Crippen molar-refractivity contribution in [1.29, 1.82) is 0 Å². The maximum absolute atomic E-state index is 12.1. The maximum Gasteiger partial charge on any atom is 0.248 e. The van der Waals surface area contributed by atoms with Crippen LogP contribution in [0.2, 0.25) is 0 Å². The number of hydrazine groups is 4. The quantitative estimate of drug-likeness (QED) is 0.0993. The Morgan fingerprint density at radius 2 is 0.611 bits per heavy atom. The summed E-state index contributed by atoms with van der Waals surface area (Å²) in [4.78, 5) is 27.5. The molecule has 4 aromatic carbocycles. The van der Waals surface area contributed by atoms with E-state index in [1.165, 1.54) is 10.0 Å². The molecular formula is C38H40N8O2S6. The molecule has 2 amide bonds. The zero-order valence-corrected chi connectivity index (χ0v) is 34.9. The van der Waals surface area contributed by atoms with Crippen LogP contribution in [0.15, 0.2) is 121 Å². The van der Waals surface area contributed by atoms with Crippen molar-refractivity contribution in [2.75, 3.05) is 28.2 Å². The van der Waals surface area contributed by atoms with Gasteiger partial charge in [0.2, 0.25) is 11.8 Å². The van der Waals surface area contributed by atoms with Crippen LogP contribution in [0, 0.1) is 0 Å². The molecular weight excluding hydrogens is 793 g/mol. The van der Waals surface area contributed by atoms with E-state index >= 15 is 0 Å². The summed E-state index contributed by atoms with van der Waals surface area (Å²) >= 11 is 32.4. The lowest BCUT2D eigenvalue weighted by Gasteiger charge is -2.25. The highest BCUT2D eigenvalue weighted by Gasteiger charge is 2.17. The number of rotatable bonds is 8. The number of thiocarbonyl (C=S) groups is 6. The zero-order valence-electron chi connectivity index (χ0n) is 30.0. The molecule has 0 atom stereocenters. The van der Waals surface area contributed by atoms with Crippen molar-refractivity contribution < 1.29 is 9.59 Å². The van der Waals surface area contributed by atoms with E-state index in [2.05, 4.69) is 21.7 Å². The molecule has 10 nitrogen and oxygen atoms in total. The van der Waals surface area contributed by atoms with Gasteiger partial charge in [-0.05, 0) is 0 Å². The van der Waals surface area contributed by atoms with Gasteiger partial charge in [-0.15, -0.1) is 0 Å². The molecule has 0 bridgehead atoms. The van der Waals surface area contributed by atoms with Gasteiger partial charge in [-0.3, -0.25) is 51.3 Å². The first-order chi connectivity index (χ1) is 25.8. The molecule has 0 heterocycles. The monoisotopic (exact) mass is 832 g/mol. The van der Waals surface area contributed by atoms with E-state index in [1.807, 2.05) is 135 Å². The van der Waals surface area contributed by atoms with Gasteiger partial charge in [-0.2, -0.15) is 0 Å². The lowest BCUT2D eigenvalue weighted by molar-refractivity contribution is -0.132. The van der Waals surface area contributed by atoms with Crippen LogP contribution in [0.4, 0.5) is 0 Å². The van der Waals surface area contributed by atoms with Crippen LogP contribution in [0.1, 0.15) is 35.1 Å². The molecule has 0 saturated heterocycles. The number of benzene rings is 4. The molecule has 280 valence electrons. The van der Waals surface area contributed by atoms with Crippen molar-refractivity contribution in [3.63, 3.8) is 0 Å². The fraction of sp³-hybridized carbons (Fsp3) is 0.158. The molecule has 0 aliphatic heterocycles. The number of nitrogens with one attached hydrogen (secondary N) is 4. The minimum atomic E-state index is -0.479. The first kappa shape index (κ1) is 43.6. The van der Waals surface area contributed by atoms with Crippen LogP contribution in [0.25, 0.3) is 0 Å². The molecule has 0 aliphatic rings. The summed E-state index contributed by atoms with van der Waals surface area (Å²) in [6, 6.07) is 38.1. The molecule has 0 unspecified atom stereocenters. The standard InChI is InChI=1S/C19H20N4O2S2.C19H20N4S4/c2*1-22(18(26)14-9-5-3-6-10-14)20-16(24)13-17(25)21-23(2)19(27)15-11-7-4-8-12-15/h2*3-12H,13H2,1-2H3,(H,20,24)(H,21,25). The van der Waals surface area contributed by atoms with E-state index in [0.717, 1.165) is 22.3 Å². The van der Waals surface area contributed by atoms with Crippen LogP contribution in [-0.4, -0.2) is 90.0 Å². The topological polar surface area (TPSA) is 95.2 Å². The Hall–Kier alpha value is -4.84. The smallest absolute Gasteiger partial charge is 0.248 e. The molecule has 0 aromatic heterocycles. The van der Waals surface area contributed by atoms with E-state index in [-0.39, 0.29) is 6.42 Å². The minimum Gasteiger partial charge on any atom is -0.291 e. The number of hydrogen-bond donors (Lipinski definition) is 4.